The van der Waals surface area contributed by atoms with Gasteiger partial charge in [0.05, 0.1) is 12.1 Å². The van der Waals surface area contributed by atoms with Crippen LogP contribution in [0.2, 0.25) is 0 Å². The topological polar surface area (TPSA) is 105 Å². The van der Waals surface area contributed by atoms with Crippen LogP contribution in [0.3, 0.4) is 0 Å². The van der Waals surface area contributed by atoms with Crippen molar-refractivity contribution in [2.75, 3.05) is 0 Å². The highest BCUT2D eigenvalue weighted by molar-refractivity contribution is 5.87. The number of amides is 1. The molecule has 110 valence electrons. The summed E-state index contributed by atoms with van der Waals surface area (Å²) >= 11 is 0. The molecule has 7 heteroatoms. The highest BCUT2D eigenvalue weighted by atomic mass is 16.5. The molecular formula is C14H15N3O4. The van der Waals surface area contributed by atoms with E-state index in [4.69, 9.17) is 9.63 Å². The largest absolute Gasteiger partial charge is 0.478 e. The number of hydrogen-bond donors (Lipinski definition) is 2. The zero-order valence-corrected chi connectivity index (χ0v) is 11.5. The fourth-order valence-corrected chi connectivity index (χ4v) is 1.75. The highest BCUT2D eigenvalue weighted by Gasteiger charge is 2.07. The molecule has 0 saturated heterocycles. The minimum absolute atomic E-state index is 0.131. The summed E-state index contributed by atoms with van der Waals surface area (Å²) in [5.41, 5.74) is 1.14. The van der Waals surface area contributed by atoms with Gasteiger partial charge in [-0.2, -0.15) is 4.98 Å². The van der Waals surface area contributed by atoms with Crippen molar-refractivity contribution in [1.29, 1.82) is 0 Å². The molecule has 2 aromatic rings. The third-order valence-electron chi connectivity index (χ3n) is 2.85. The first-order valence-corrected chi connectivity index (χ1v) is 6.42. The molecule has 7 nitrogen and oxygen atoms in total. The molecule has 21 heavy (non-hydrogen) atoms. The molecule has 2 N–H and O–H groups in total. The molecule has 1 amide bonds. The normalized spacial score (nSPS) is 10.3. The maximum absolute atomic E-state index is 11.7. The molecule has 0 bridgehead atoms. The average molecular weight is 289 g/mol. The van der Waals surface area contributed by atoms with Gasteiger partial charge in [-0.1, -0.05) is 17.3 Å². The minimum atomic E-state index is -0.964. The minimum Gasteiger partial charge on any atom is -0.478 e. The molecule has 0 radical (unpaired) electrons. The molecular weight excluding hydrogens is 274 g/mol. The molecule has 0 spiro atoms. The Bertz CT molecular complexity index is 634. The standard InChI is InChI=1S/C14H15N3O4/c1-9-16-13(21-17-9)8-15-12(18)7-4-10-2-5-11(6-3-10)14(19)20/h2-3,5-6H,4,7-8H2,1H3,(H,15,18)(H,19,20). The van der Waals surface area contributed by atoms with Crippen molar-refractivity contribution in [3.05, 3.63) is 47.1 Å². The molecule has 0 aliphatic heterocycles. The Morgan fingerprint density at radius 3 is 2.57 bits per heavy atom. The first-order chi connectivity index (χ1) is 10.0. The number of carbonyl (C=O) groups is 2. The molecule has 0 aliphatic rings. The van der Waals surface area contributed by atoms with E-state index < -0.39 is 5.97 Å². The van der Waals surface area contributed by atoms with E-state index in [2.05, 4.69) is 15.5 Å². The first kappa shape index (κ1) is 14.7. The van der Waals surface area contributed by atoms with Crippen LogP contribution in [0, 0.1) is 6.92 Å². The van der Waals surface area contributed by atoms with Crippen molar-refractivity contribution < 1.29 is 19.2 Å². The van der Waals surface area contributed by atoms with E-state index in [0.29, 0.717) is 24.6 Å². The van der Waals surface area contributed by atoms with Crippen LogP contribution in [0.25, 0.3) is 0 Å². The van der Waals surface area contributed by atoms with Crippen molar-refractivity contribution in [2.45, 2.75) is 26.3 Å². The van der Waals surface area contributed by atoms with E-state index in [1.165, 1.54) is 12.1 Å². The summed E-state index contributed by atoms with van der Waals surface area (Å²) in [6.45, 7) is 1.91. The van der Waals surface area contributed by atoms with E-state index in [1.807, 2.05) is 0 Å². The average Bonchev–Trinajstić information content (AvgIpc) is 2.89. The van der Waals surface area contributed by atoms with Crippen LogP contribution >= 0.6 is 0 Å². The van der Waals surface area contributed by atoms with Gasteiger partial charge in [0.2, 0.25) is 11.8 Å². The molecule has 0 aliphatic carbocycles. The number of carboxylic acid groups (broad SMARTS) is 1. The van der Waals surface area contributed by atoms with Gasteiger partial charge < -0.3 is 14.9 Å². The molecule has 0 fully saturated rings. The lowest BCUT2D eigenvalue weighted by atomic mass is 10.1. The van der Waals surface area contributed by atoms with Crippen molar-refractivity contribution in [3.63, 3.8) is 0 Å². The number of rotatable bonds is 6. The summed E-state index contributed by atoms with van der Waals surface area (Å²) in [6, 6.07) is 6.46. The monoisotopic (exact) mass is 289 g/mol. The molecule has 0 atom stereocenters. The maximum Gasteiger partial charge on any atom is 0.335 e. The predicted molar refractivity (Wildman–Crippen MR) is 72.6 cm³/mol. The fourth-order valence-electron chi connectivity index (χ4n) is 1.75. The van der Waals surface area contributed by atoms with Gasteiger partial charge in [0, 0.05) is 6.42 Å². The number of nitrogens with zero attached hydrogens (tertiary/aromatic N) is 2. The molecule has 0 unspecified atom stereocenters. The lowest BCUT2D eigenvalue weighted by Gasteiger charge is -2.03. The van der Waals surface area contributed by atoms with E-state index >= 15 is 0 Å². The lowest BCUT2D eigenvalue weighted by Crippen LogP contribution is -2.23. The second-order valence-corrected chi connectivity index (χ2v) is 4.51. The van der Waals surface area contributed by atoms with Crippen LogP contribution in [-0.4, -0.2) is 27.1 Å². The first-order valence-electron chi connectivity index (χ1n) is 6.42. The lowest BCUT2D eigenvalue weighted by molar-refractivity contribution is -0.121. The third kappa shape index (κ3) is 4.41. The number of aromatic nitrogens is 2. The van der Waals surface area contributed by atoms with Crippen molar-refractivity contribution in [1.82, 2.24) is 15.5 Å². The number of aromatic carboxylic acids is 1. The van der Waals surface area contributed by atoms with Crippen LogP contribution < -0.4 is 5.32 Å². The van der Waals surface area contributed by atoms with Crippen LogP contribution in [-0.2, 0) is 17.8 Å². The van der Waals surface area contributed by atoms with Crippen LogP contribution in [0.4, 0.5) is 0 Å². The van der Waals surface area contributed by atoms with Gasteiger partial charge in [-0.25, -0.2) is 4.79 Å². The number of hydrogen-bond acceptors (Lipinski definition) is 5. The van der Waals surface area contributed by atoms with Crippen molar-refractivity contribution >= 4 is 11.9 Å². The third-order valence-corrected chi connectivity index (χ3v) is 2.85. The Morgan fingerprint density at radius 2 is 2.00 bits per heavy atom. The Balaban J connectivity index is 1.77. The summed E-state index contributed by atoms with van der Waals surface area (Å²) in [4.78, 5) is 26.4. The molecule has 1 aromatic heterocycles. The second-order valence-electron chi connectivity index (χ2n) is 4.51. The number of aryl methyl sites for hydroxylation is 2. The van der Waals surface area contributed by atoms with Crippen LogP contribution in [0.1, 0.15) is 34.1 Å². The van der Waals surface area contributed by atoms with Gasteiger partial charge in [-0.15, -0.1) is 0 Å². The summed E-state index contributed by atoms with van der Waals surface area (Å²) in [6.07, 6.45) is 0.841. The number of carbonyl (C=O) groups excluding carboxylic acids is 1. The maximum atomic E-state index is 11.7. The Labute approximate surface area is 121 Å². The zero-order valence-electron chi connectivity index (χ0n) is 11.5. The van der Waals surface area contributed by atoms with Gasteiger partial charge in [-0.05, 0) is 31.0 Å². The smallest absolute Gasteiger partial charge is 0.335 e. The fraction of sp³-hybridized carbons (Fsp3) is 0.286. The van der Waals surface area contributed by atoms with E-state index in [9.17, 15) is 9.59 Å². The van der Waals surface area contributed by atoms with E-state index in [0.717, 1.165) is 5.56 Å². The summed E-state index contributed by atoms with van der Waals surface area (Å²) in [7, 11) is 0. The van der Waals surface area contributed by atoms with Crippen LogP contribution in [0.5, 0.6) is 0 Å². The predicted octanol–water partition coefficient (Wildman–Crippen LogP) is 1.33. The van der Waals surface area contributed by atoms with Gasteiger partial charge in [-0.3, -0.25) is 4.79 Å². The molecule has 2 rings (SSSR count). The van der Waals surface area contributed by atoms with E-state index in [1.54, 1.807) is 19.1 Å². The molecule has 0 saturated carbocycles. The molecule has 1 heterocycles. The molecule has 1 aromatic carbocycles. The van der Waals surface area contributed by atoms with E-state index in [-0.39, 0.29) is 18.0 Å². The number of benzene rings is 1. The van der Waals surface area contributed by atoms with Crippen LogP contribution in [0.15, 0.2) is 28.8 Å². The van der Waals surface area contributed by atoms with Crippen molar-refractivity contribution in [2.24, 2.45) is 0 Å². The number of carboxylic acids is 1. The van der Waals surface area contributed by atoms with Gasteiger partial charge >= 0.3 is 5.97 Å². The Kier molecular flexibility index (Phi) is 4.65. The van der Waals surface area contributed by atoms with Gasteiger partial charge in [0.15, 0.2) is 5.82 Å². The highest BCUT2D eigenvalue weighted by Crippen LogP contribution is 2.07. The SMILES string of the molecule is Cc1noc(CNC(=O)CCc2ccc(C(=O)O)cc2)n1. The number of nitrogens with one attached hydrogen (secondary N) is 1. The second kappa shape index (κ2) is 6.65. The summed E-state index contributed by atoms with van der Waals surface area (Å²) < 4.78 is 4.88. The summed E-state index contributed by atoms with van der Waals surface area (Å²) in [5, 5.41) is 15.1. The summed E-state index contributed by atoms with van der Waals surface area (Å²) in [5.74, 6) is -0.202. The van der Waals surface area contributed by atoms with Gasteiger partial charge in [0.1, 0.15) is 0 Å². The Morgan fingerprint density at radius 1 is 1.29 bits per heavy atom. The quantitative estimate of drug-likeness (QED) is 0.831. The zero-order chi connectivity index (χ0) is 15.2. The van der Waals surface area contributed by atoms with Crippen molar-refractivity contribution in [3.8, 4) is 0 Å². The van der Waals surface area contributed by atoms with Gasteiger partial charge in [0.25, 0.3) is 0 Å². The Hall–Kier alpha value is -2.70.